The van der Waals surface area contributed by atoms with Gasteiger partial charge in [-0.05, 0) is 34.7 Å². The molecule has 10 heteroatoms. The van der Waals surface area contributed by atoms with E-state index in [-0.39, 0.29) is 0 Å². The number of thioether (sulfide) groups is 2. The summed E-state index contributed by atoms with van der Waals surface area (Å²) in [5, 5.41) is 26.3. The smallest absolute Gasteiger partial charge is 0.130 e. The first-order valence-corrected chi connectivity index (χ1v) is 10.5. The Balaban J connectivity index is 1.21. The van der Waals surface area contributed by atoms with E-state index < -0.39 is 0 Å². The number of hydrogen-bond donors (Lipinski definition) is 0. The summed E-state index contributed by atoms with van der Waals surface area (Å²) in [5.41, 5.74) is 1.79. The molecule has 2 heterocycles. The van der Waals surface area contributed by atoms with Gasteiger partial charge in [0.15, 0.2) is 0 Å². The number of para-hydroxylation sites is 2. The molecule has 0 saturated heterocycles. The van der Waals surface area contributed by atoms with Crippen molar-refractivity contribution in [2.24, 2.45) is 0 Å². The van der Waals surface area contributed by atoms with Crippen molar-refractivity contribution >= 4 is 23.5 Å². The zero-order chi connectivity index (χ0) is 19.0. The van der Waals surface area contributed by atoms with E-state index in [1.165, 1.54) is 33.1 Å². The standard InChI is InChI=1S/C18H16N8S2/c1-3-9-15(10-4-1)25-21-17(19-23-25)27-13-7-8-14-28-18-20-24-26(22-18)16-11-5-2-6-12-16/h1-12H,13-14H2/b8-7+. The lowest BCUT2D eigenvalue weighted by Crippen LogP contribution is -1.98. The number of rotatable bonds is 8. The molecule has 0 bridgehead atoms. The number of aromatic nitrogens is 8. The Labute approximate surface area is 170 Å². The van der Waals surface area contributed by atoms with Crippen LogP contribution < -0.4 is 0 Å². The lowest BCUT2D eigenvalue weighted by Gasteiger charge is -1.95. The maximum absolute atomic E-state index is 4.36. The van der Waals surface area contributed by atoms with Gasteiger partial charge in [0.1, 0.15) is 0 Å². The summed E-state index contributed by atoms with van der Waals surface area (Å²) < 4.78 is 0. The third-order valence-corrected chi connectivity index (χ3v) is 5.11. The van der Waals surface area contributed by atoms with Crippen molar-refractivity contribution in [3.63, 3.8) is 0 Å². The summed E-state index contributed by atoms with van der Waals surface area (Å²) in [6, 6.07) is 19.4. The fourth-order valence-electron chi connectivity index (χ4n) is 2.24. The highest BCUT2D eigenvalue weighted by Crippen LogP contribution is 2.15. The zero-order valence-corrected chi connectivity index (χ0v) is 16.4. The summed E-state index contributed by atoms with van der Waals surface area (Å²) in [6.45, 7) is 0. The molecule has 28 heavy (non-hydrogen) atoms. The predicted octanol–water partition coefficient (Wildman–Crippen LogP) is 3.08. The minimum Gasteiger partial charge on any atom is -0.130 e. The van der Waals surface area contributed by atoms with Crippen molar-refractivity contribution < 1.29 is 0 Å². The quantitative estimate of drug-likeness (QED) is 0.325. The Morgan fingerprint density at radius 1 is 0.643 bits per heavy atom. The van der Waals surface area contributed by atoms with E-state index >= 15 is 0 Å². The topological polar surface area (TPSA) is 87.2 Å². The molecule has 4 aromatic rings. The normalized spacial score (nSPS) is 11.3. The first kappa shape index (κ1) is 18.4. The summed E-state index contributed by atoms with van der Waals surface area (Å²) in [5.74, 6) is 1.54. The van der Waals surface area contributed by atoms with E-state index in [9.17, 15) is 0 Å². The molecule has 2 aromatic heterocycles. The molecule has 4 rings (SSSR count). The Hall–Kier alpha value is -2.98. The second-order valence-electron chi connectivity index (χ2n) is 5.49. The summed E-state index contributed by atoms with van der Waals surface area (Å²) >= 11 is 3.07. The Bertz CT molecular complexity index is 946. The molecular weight excluding hydrogens is 392 g/mol. The molecule has 0 N–H and O–H groups in total. The van der Waals surface area contributed by atoms with Crippen LogP contribution in [0.5, 0.6) is 0 Å². The van der Waals surface area contributed by atoms with Crippen LogP contribution in [0.3, 0.4) is 0 Å². The van der Waals surface area contributed by atoms with E-state index in [1.54, 1.807) is 0 Å². The molecule has 0 unspecified atom stereocenters. The van der Waals surface area contributed by atoms with Crippen LogP contribution in [0.2, 0.25) is 0 Å². The van der Waals surface area contributed by atoms with E-state index in [0.29, 0.717) is 10.3 Å². The monoisotopic (exact) mass is 408 g/mol. The molecule has 0 aliphatic carbocycles. The van der Waals surface area contributed by atoms with Gasteiger partial charge in [-0.1, -0.05) is 72.1 Å². The minimum atomic E-state index is 0.647. The van der Waals surface area contributed by atoms with Crippen LogP contribution >= 0.6 is 23.5 Å². The van der Waals surface area contributed by atoms with Crippen LogP contribution in [0.15, 0.2) is 83.1 Å². The third kappa shape index (κ3) is 4.84. The first-order chi connectivity index (χ1) is 13.9. The molecule has 0 amide bonds. The molecule has 0 fully saturated rings. The van der Waals surface area contributed by atoms with E-state index in [2.05, 4.69) is 43.0 Å². The molecule has 2 aromatic carbocycles. The van der Waals surface area contributed by atoms with Gasteiger partial charge in [-0.3, -0.25) is 0 Å². The van der Waals surface area contributed by atoms with Crippen molar-refractivity contribution in [3.05, 3.63) is 72.8 Å². The summed E-state index contributed by atoms with van der Waals surface area (Å²) in [4.78, 5) is 3.06. The zero-order valence-electron chi connectivity index (χ0n) is 14.7. The van der Waals surface area contributed by atoms with Crippen molar-refractivity contribution in [1.29, 1.82) is 0 Å². The largest absolute Gasteiger partial charge is 0.231 e. The molecule has 8 nitrogen and oxygen atoms in total. The summed E-state index contributed by atoms with van der Waals surface area (Å²) in [7, 11) is 0. The van der Waals surface area contributed by atoms with Gasteiger partial charge in [0.2, 0.25) is 10.3 Å². The molecule has 0 atom stereocenters. The van der Waals surface area contributed by atoms with Gasteiger partial charge in [-0.2, -0.15) is 0 Å². The van der Waals surface area contributed by atoms with E-state index in [1.807, 2.05) is 60.7 Å². The number of tetrazole rings is 2. The van der Waals surface area contributed by atoms with E-state index in [0.717, 1.165) is 22.9 Å². The van der Waals surface area contributed by atoms with Crippen molar-refractivity contribution in [1.82, 2.24) is 40.4 Å². The summed E-state index contributed by atoms with van der Waals surface area (Å²) in [6.07, 6.45) is 4.14. The third-order valence-electron chi connectivity index (χ3n) is 3.55. The van der Waals surface area contributed by atoms with Crippen molar-refractivity contribution in [2.75, 3.05) is 11.5 Å². The van der Waals surface area contributed by atoms with Crippen LogP contribution in [-0.4, -0.2) is 51.9 Å². The van der Waals surface area contributed by atoms with Gasteiger partial charge in [-0.15, -0.1) is 30.0 Å². The van der Waals surface area contributed by atoms with Gasteiger partial charge in [0.25, 0.3) is 0 Å². The van der Waals surface area contributed by atoms with Crippen LogP contribution in [0.4, 0.5) is 0 Å². The van der Waals surface area contributed by atoms with Crippen molar-refractivity contribution in [2.45, 2.75) is 10.3 Å². The Kier molecular flexibility index (Phi) is 6.10. The maximum Gasteiger partial charge on any atom is 0.231 e. The van der Waals surface area contributed by atoms with Crippen LogP contribution in [0.25, 0.3) is 11.4 Å². The van der Waals surface area contributed by atoms with Crippen molar-refractivity contribution in [3.8, 4) is 11.4 Å². The van der Waals surface area contributed by atoms with Gasteiger partial charge >= 0.3 is 0 Å². The van der Waals surface area contributed by atoms with Crippen LogP contribution in [-0.2, 0) is 0 Å². The maximum atomic E-state index is 4.36. The second kappa shape index (κ2) is 9.29. The van der Waals surface area contributed by atoms with E-state index in [4.69, 9.17) is 0 Å². The predicted molar refractivity (Wildman–Crippen MR) is 109 cm³/mol. The molecule has 0 aliphatic rings. The molecule has 0 radical (unpaired) electrons. The number of nitrogens with zero attached hydrogens (tertiary/aromatic N) is 8. The fraction of sp³-hybridized carbons (Fsp3) is 0.111. The van der Waals surface area contributed by atoms with Gasteiger partial charge in [0.05, 0.1) is 11.4 Å². The number of benzene rings is 2. The van der Waals surface area contributed by atoms with Gasteiger partial charge < -0.3 is 0 Å². The average molecular weight is 409 g/mol. The second-order valence-corrected chi connectivity index (χ2v) is 7.46. The molecule has 0 saturated carbocycles. The lowest BCUT2D eigenvalue weighted by atomic mass is 10.3. The molecule has 0 spiro atoms. The molecule has 140 valence electrons. The lowest BCUT2D eigenvalue weighted by molar-refractivity contribution is 0.717. The van der Waals surface area contributed by atoms with Crippen LogP contribution in [0, 0.1) is 0 Å². The molecular formula is C18H16N8S2. The highest BCUT2D eigenvalue weighted by Gasteiger charge is 2.05. The Morgan fingerprint density at radius 2 is 1.07 bits per heavy atom. The fourth-order valence-corrected chi connectivity index (χ4v) is 3.46. The minimum absolute atomic E-state index is 0.647. The van der Waals surface area contributed by atoms with Gasteiger partial charge in [-0.25, -0.2) is 0 Å². The Morgan fingerprint density at radius 3 is 1.50 bits per heavy atom. The highest BCUT2D eigenvalue weighted by atomic mass is 32.2. The average Bonchev–Trinajstić information content (AvgIpc) is 3.42. The highest BCUT2D eigenvalue weighted by molar-refractivity contribution is 7.99. The van der Waals surface area contributed by atoms with Gasteiger partial charge in [0, 0.05) is 11.5 Å². The number of hydrogen-bond acceptors (Lipinski definition) is 8. The first-order valence-electron chi connectivity index (χ1n) is 8.50. The van der Waals surface area contributed by atoms with Crippen LogP contribution in [0.1, 0.15) is 0 Å². The SMILES string of the molecule is C(=C\CSc1nnn(-c2ccccc2)n1)/CSc1nnn(-c2ccccc2)n1. The molecule has 0 aliphatic heterocycles.